The highest BCUT2D eigenvalue weighted by Gasteiger charge is 2.46. The van der Waals surface area contributed by atoms with E-state index in [9.17, 15) is 4.79 Å². The molecule has 0 saturated carbocycles. The van der Waals surface area contributed by atoms with Crippen LogP contribution in [0.25, 0.3) is 5.76 Å². The fourth-order valence-corrected chi connectivity index (χ4v) is 3.31. The maximum atomic E-state index is 12.4. The van der Waals surface area contributed by atoms with E-state index in [1.54, 1.807) is 11.8 Å². The fraction of sp³-hybridized carbons (Fsp3) is 0.400. The molecule has 102 valence electrons. The van der Waals surface area contributed by atoms with Gasteiger partial charge in [-0.3, -0.25) is 4.79 Å². The van der Waals surface area contributed by atoms with Gasteiger partial charge in [-0.1, -0.05) is 26.0 Å². The van der Waals surface area contributed by atoms with Gasteiger partial charge < -0.3 is 4.74 Å². The average molecular weight is 341 g/mol. The Morgan fingerprint density at radius 2 is 1.79 bits per heavy atom. The number of carbonyl (C=O) groups is 1. The normalized spacial score (nSPS) is 17.8. The Balaban J connectivity index is 2.37. The summed E-state index contributed by atoms with van der Waals surface area (Å²) in [5.74, 6) is 0.725. The Bertz CT molecular complexity index is 515. The standard InChI is InChI=1S/C15H17BrO2S/c1-4-15(5-2)14(17)12(16)13(18-15)10-6-8-11(19-3)9-7-10/h6-9H,4-5H2,1-3H3. The minimum Gasteiger partial charge on any atom is -0.477 e. The van der Waals surface area contributed by atoms with E-state index in [1.807, 2.05) is 44.4 Å². The van der Waals surface area contributed by atoms with Crippen molar-refractivity contribution in [2.75, 3.05) is 6.26 Å². The molecule has 0 radical (unpaired) electrons. The highest BCUT2D eigenvalue weighted by atomic mass is 79.9. The molecule has 0 fully saturated rings. The lowest BCUT2D eigenvalue weighted by Gasteiger charge is -2.25. The molecule has 2 nitrogen and oxygen atoms in total. The van der Waals surface area contributed by atoms with E-state index in [2.05, 4.69) is 15.9 Å². The molecule has 19 heavy (non-hydrogen) atoms. The molecule has 4 heteroatoms. The second kappa shape index (κ2) is 5.71. The van der Waals surface area contributed by atoms with Crippen LogP contribution < -0.4 is 0 Å². The third kappa shape index (κ3) is 2.48. The molecule has 0 N–H and O–H groups in total. The molecule has 0 aromatic heterocycles. The van der Waals surface area contributed by atoms with E-state index in [0.717, 1.165) is 5.56 Å². The Morgan fingerprint density at radius 3 is 2.21 bits per heavy atom. The van der Waals surface area contributed by atoms with Gasteiger partial charge in [-0.2, -0.15) is 0 Å². The molecular weight excluding hydrogens is 324 g/mol. The zero-order chi connectivity index (χ0) is 14.0. The SMILES string of the molecule is CCC1(CC)OC(c2ccc(SC)cc2)=C(Br)C1=O. The summed E-state index contributed by atoms with van der Waals surface area (Å²) in [6.45, 7) is 3.98. The van der Waals surface area contributed by atoms with Crippen LogP contribution in [-0.4, -0.2) is 17.6 Å². The van der Waals surface area contributed by atoms with Crippen molar-refractivity contribution in [1.82, 2.24) is 0 Å². The van der Waals surface area contributed by atoms with Gasteiger partial charge in [0, 0.05) is 10.5 Å². The zero-order valence-electron chi connectivity index (χ0n) is 11.3. The van der Waals surface area contributed by atoms with Crippen LogP contribution in [-0.2, 0) is 9.53 Å². The van der Waals surface area contributed by atoms with E-state index >= 15 is 0 Å². The Hall–Kier alpha value is -0.740. The van der Waals surface area contributed by atoms with Gasteiger partial charge in [0.05, 0.1) is 0 Å². The van der Waals surface area contributed by atoms with Crippen LogP contribution in [0.5, 0.6) is 0 Å². The van der Waals surface area contributed by atoms with Crippen molar-refractivity contribution in [3.8, 4) is 0 Å². The van der Waals surface area contributed by atoms with Gasteiger partial charge in [0.15, 0.2) is 5.60 Å². The Kier molecular flexibility index (Phi) is 4.41. The predicted molar refractivity (Wildman–Crippen MR) is 83.5 cm³/mol. The number of ether oxygens (including phenoxy) is 1. The summed E-state index contributed by atoms with van der Waals surface area (Å²) in [6, 6.07) is 8.08. The first kappa shape index (κ1) is 14.7. The third-order valence-electron chi connectivity index (χ3n) is 3.60. The van der Waals surface area contributed by atoms with Crippen molar-refractivity contribution in [2.45, 2.75) is 37.2 Å². The topological polar surface area (TPSA) is 26.3 Å². The molecule has 0 aliphatic carbocycles. The number of hydrogen-bond donors (Lipinski definition) is 0. The second-order valence-electron chi connectivity index (χ2n) is 4.50. The van der Waals surface area contributed by atoms with Crippen molar-refractivity contribution >= 4 is 39.2 Å². The minimum atomic E-state index is -0.688. The van der Waals surface area contributed by atoms with Crippen molar-refractivity contribution in [3.05, 3.63) is 34.3 Å². The van der Waals surface area contributed by atoms with Crippen LogP contribution in [0.1, 0.15) is 32.3 Å². The number of halogens is 1. The first-order valence-electron chi connectivity index (χ1n) is 6.36. The van der Waals surface area contributed by atoms with Gasteiger partial charge in [-0.05, 0) is 47.2 Å². The van der Waals surface area contributed by atoms with Crippen LogP contribution in [0.15, 0.2) is 33.6 Å². The number of carbonyl (C=O) groups excluding carboxylic acids is 1. The number of ketones is 1. The average Bonchev–Trinajstić information content (AvgIpc) is 2.72. The van der Waals surface area contributed by atoms with Crippen LogP contribution in [0, 0.1) is 0 Å². The predicted octanol–water partition coefficient (Wildman–Crippen LogP) is 4.63. The second-order valence-corrected chi connectivity index (χ2v) is 6.18. The minimum absolute atomic E-state index is 0.0569. The smallest absolute Gasteiger partial charge is 0.217 e. The van der Waals surface area contributed by atoms with E-state index in [1.165, 1.54) is 4.90 Å². The maximum absolute atomic E-state index is 12.4. The zero-order valence-corrected chi connectivity index (χ0v) is 13.7. The summed E-state index contributed by atoms with van der Waals surface area (Å²) in [5, 5.41) is 0. The van der Waals surface area contributed by atoms with E-state index < -0.39 is 5.60 Å². The first-order chi connectivity index (χ1) is 9.07. The molecule has 1 aliphatic rings. The van der Waals surface area contributed by atoms with Gasteiger partial charge in [0.2, 0.25) is 5.78 Å². The van der Waals surface area contributed by atoms with Crippen LogP contribution in [0.4, 0.5) is 0 Å². The summed E-state index contributed by atoms with van der Waals surface area (Å²) < 4.78 is 6.57. The lowest BCUT2D eigenvalue weighted by atomic mass is 9.93. The molecule has 1 aliphatic heterocycles. The van der Waals surface area contributed by atoms with Crippen molar-refractivity contribution in [2.24, 2.45) is 0 Å². The summed E-state index contributed by atoms with van der Waals surface area (Å²) in [6.07, 6.45) is 3.41. The molecule has 1 heterocycles. The summed E-state index contributed by atoms with van der Waals surface area (Å²) in [5.41, 5.74) is 0.258. The molecule has 0 unspecified atom stereocenters. The molecule has 0 atom stereocenters. The van der Waals surface area contributed by atoms with Crippen LogP contribution in [0.3, 0.4) is 0 Å². The van der Waals surface area contributed by atoms with Crippen molar-refractivity contribution in [3.63, 3.8) is 0 Å². The number of benzene rings is 1. The maximum Gasteiger partial charge on any atom is 0.217 e. The summed E-state index contributed by atoms with van der Waals surface area (Å²) in [7, 11) is 0. The quantitative estimate of drug-likeness (QED) is 0.747. The number of rotatable bonds is 4. The number of thioether (sulfide) groups is 1. The largest absolute Gasteiger partial charge is 0.477 e. The number of hydrogen-bond acceptors (Lipinski definition) is 3. The van der Waals surface area contributed by atoms with E-state index in [0.29, 0.717) is 23.1 Å². The molecule has 0 spiro atoms. The molecule has 2 rings (SSSR count). The van der Waals surface area contributed by atoms with Gasteiger partial charge in [0.25, 0.3) is 0 Å². The highest BCUT2D eigenvalue weighted by Crippen LogP contribution is 2.42. The van der Waals surface area contributed by atoms with Gasteiger partial charge in [0.1, 0.15) is 10.2 Å². The molecule has 0 saturated heterocycles. The van der Waals surface area contributed by atoms with Gasteiger partial charge >= 0.3 is 0 Å². The molecular formula is C15H17BrO2S. The molecule has 0 amide bonds. The molecule has 1 aromatic carbocycles. The van der Waals surface area contributed by atoms with E-state index in [-0.39, 0.29) is 5.78 Å². The summed E-state index contributed by atoms with van der Waals surface area (Å²) >= 11 is 5.09. The monoisotopic (exact) mass is 340 g/mol. The lowest BCUT2D eigenvalue weighted by molar-refractivity contribution is -0.129. The summed E-state index contributed by atoms with van der Waals surface area (Å²) in [4.78, 5) is 13.6. The Morgan fingerprint density at radius 1 is 1.21 bits per heavy atom. The lowest BCUT2D eigenvalue weighted by Crippen LogP contribution is -2.35. The van der Waals surface area contributed by atoms with Crippen molar-refractivity contribution < 1.29 is 9.53 Å². The number of Topliss-reactive ketones (excluding diaryl/α,β-unsaturated/α-hetero) is 1. The third-order valence-corrected chi connectivity index (χ3v) is 5.07. The van der Waals surface area contributed by atoms with Gasteiger partial charge in [-0.25, -0.2) is 0 Å². The van der Waals surface area contributed by atoms with E-state index in [4.69, 9.17) is 4.74 Å². The van der Waals surface area contributed by atoms with Gasteiger partial charge in [-0.15, -0.1) is 11.8 Å². The van der Waals surface area contributed by atoms with Crippen LogP contribution in [0.2, 0.25) is 0 Å². The first-order valence-corrected chi connectivity index (χ1v) is 8.37. The molecule has 0 bridgehead atoms. The molecule has 1 aromatic rings. The Labute approximate surface area is 126 Å². The highest BCUT2D eigenvalue weighted by molar-refractivity contribution is 9.12. The van der Waals surface area contributed by atoms with Crippen molar-refractivity contribution in [1.29, 1.82) is 0 Å². The fourth-order valence-electron chi connectivity index (χ4n) is 2.23. The van der Waals surface area contributed by atoms with Crippen LogP contribution >= 0.6 is 27.7 Å².